The summed E-state index contributed by atoms with van der Waals surface area (Å²) in [7, 11) is -3.27. The van der Waals surface area contributed by atoms with E-state index in [1.54, 1.807) is 30.5 Å². The first-order valence-electron chi connectivity index (χ1n) is 10.2. The number of anilines is 1. The molecule has 0 bridgehead atoms. The maximum absolute atomic E-state index is 12.4. The van der Waals surface area contributed by atoms with Crippen molar-refractivity contribution in [2.75, 3.05) is 36.8 Å². The van der Waals surface area contributed by atoms with Crippen molar-refractivity contribution in [3.8, 4) is 0 Å². The Morgan fingerprint density at radius 1 is 1.26 bits per heavy atom. The molecule has 2 heterocycles. The Hall–Kier alpha value is -1.59. The highest BCUT2D eigenvalue weighted by atomic mass is 127. The first-order valence-corrected chi connectivity index (χ1v) is 12.2. The van der Waals surface area contributed by atoms with Crippen molar-refractivity contribution < 1.29 is 8.42 Å². The monoisotopic (exact) mass is 577 g/mol. The van der Waals surface area contributed by atoms with E-state index in [2.05, 4.69) is 25.5 Å². The van der Waals surface area contributed by atoms with Crippen LogP contribution in [0.5, 0.6) is 0 Å². The van der Waals surface area contributed by atoms with Gasteiger partial charge in [0.2, 0.25) is 0 Å². The van der Waals surface area contributed by atoms with E-state index in [0.29, 0.717) is 28.8 Å². The lowest BCUT2D eigenvalue weighted by molar-refractivity contribution is 0.593. The summed E-state index contributed by atoms with van der Waals surface area (Å²) in [5, 5.41) is 7.33. The Morgan fingerprint density at radius 2 is 2.03 bits per heavy atom. The van der Waals surface area contributed by atoms with Crippen LogP contribution in [0.1, 0.15) is 19.8 Å². The van der Waals surface area contributed by atoms with Crippen molar-refractivity contribution in [3.05, 3.63) is 53.7 Å². The van der Waals surface area contributed by atoms with Gasteiger partial charge in [0.25, 0.3) is 0 Å². The SMILES string of the molecule is CCNC(=NCCCS(=O)(=O)c1ccccc1)NC1CCN(c2ncccc2Cl)C1.I. The lowest BCUT2D eigenvalue weighted by Crippen LogP contribution is -2.44. The van der Waals surface area contributed by atoms with Crippen molar-refractivity contribution in [2.45, 2.75) is 30.7 Å². The summed E-state index contributed by atoms with van der Waals surface area (Å²) >= 11 is 6.26. The number of aliphatic imine (C=N–C) groups is 1. The van der Waals surface area contributed by atoms with Gasteiger partial charge in [0, 0.05) is 38.4 Å². The largest absolute Gasteiger partial charge is 0.357 e. The molecule has 0 spiro atoms. The molecule has 3 rings (SSSR count). The van der Waals surface area contributed by atoms with Crippen LogP contribution < -0.4 is 15.5 Å². The fourth-order valence-corrected chi connectivity index (χ4v) is 4.94. The molecular formula is C21H29ClIN5O2S. The van der Waals surface area contributed by atoms with E-state index in [-0.39, 0.29) is 35.8 Å². The summed E-state index contributed by atoms with van der Waals surface area (Å²) < 4.78 is 24.8. The smallest absolute Gasteiger partial charge is 0.191 e. The molecule has 0 saturated carbocycles. The Morgan fingerprint density at radius 3 is 2.74 bits per heavy atom. The van der Waals surface area contributed by atoms with Crippen molar-refractivity contribution in [1.29, 1.82) is 0 Å². The first-order chi connectivity index (χ1) is 14.5. The molecule has 1 aromatic carbocycles. The Balaban J connectivity index is 0.00000341. The molecule has 10 heteroatoms. The van der Waals surface area contributed by atoms with Gasteiger partial charge in [0.05, 0.1) is 15.7 Å². The molecule has 1 aliphatic heterocycles. The molecule has 1 aromatic heterocycles. The van der Waals surface area contributed by atoms with E-state index in [0.717, 1.165) is 31.9 Å². The molecule has 0 amide bonds. The predicted octanol–water partition coefficient (Wildman–Crippen LogP) is 3.35. The van der Waals surface area contributed by atoms with Crippen LogP contribution in [0.25, 0.3) is 0 Å². The van der Waals surface area contributed by atoms with Gasteiger partial charge in [-0.15, -0.1) is 24.0 Å². The fraction of sp³-hybridized carbons (Fsp3) is 0.429. The number of hydrogen-bond donors (Lipinski definition) is 2. The number of nitrogens with one attached hydrogen (secondary N) is 2. The molecule has 1 saturated heterocycles. The highest BCUT2D eigenvalue weighted by Crippen LogP contribution is 2.25. The number of pyridine rings is 1. The summed E-state index contributed by atoms with van der Waals surface area (Å²) in [6.07, 6.45) is 3.16. The summed E-state index contributed by atoms with van der Waals surface area (Å²) in [4.78, 5) is 11.5. The minimum atomic E-state index is -3.27. The molecule has 31 heavy (non-hydrogen) atoms. The first kappa shape index (κ1) is 25.7. The van der Waals surface area contributed by atoms with Gasteiger partial charge in [-0.1, -0.05) is 29.8 Å². The van der Waals surface area contributed by atoms with Crippen molar-refractivity contribution in [2.24, 2.45) is 4.99 Å². The zero-order valence-corrected chi connectivity index (χ0v) is 21.4. The number of hydrogen-bond acceptors (Lipinski definition) is 5. The van der Waals surface area contributed by atoms with Crippen LogP contribution in [0.2, 0.25) is 5.02 Å². The number of halogens is 2. The normalized spacial score (nSPS) is 16.6. The maximum Gasteiger partial charge on any atom is 0.191 e. The zero-order valence-electron chi connectivity index (χ0n) is 17.5. The van der Waals surface area contributed by atoms with Crippen LogP contribution in [-0.4, -0.2) is 57.3 Å². The lowest BCUT2D eigenvalue weighted by Gasteiger charge is -2.20. The van der Waals surface area contributed by atoms with Gasteiger partial charge in [-0.05, 0) is 44.0 Å². The second-order valence-corrected chi connectivity index (χ2v) is 9.65. The van der Waals surface area contributed by atoms with E-state index in [4.69, 9.17) is 11.6 Å². The van der Waals surface area contributed by atoms with E-state index in [1.807, 2.05) is 25.1 Å². The molecule has 0 aliphatic carbocycles. The van der Waals surface area contributed by atoms with Crippen LogP contribution in [0.15, 0.2) is 58.5 Å². The van der Waals surface area contributed by atoms with E-state index in [9.17, 15) is 8.42 Å². The molecule has 2 N–H and O–H groups in total. The molecule has 1 aliphatic rings. The average Bonchev–Trinajstić information content (AvgIpc) is 3.20. The van der Waals surface area contributed by atoms with Gasteiger partial charge in [-0.25, -0.2) is 13.4 Å². The third-order valence-electron chi connectivity index (χ3n) is 4.86. The number of benzene rings is 1. The van der Waals surface area contributed by atoms with Crippen molar-refractivity contribution >= 4 is 57.2 Å². The third kappa shape index (κ3) is 7.50. The van der Waals surface area contributed by atoms with Gasteiger partial charge >= 0.3 is 0 Å². The Kier molecular flexibility index (Phi) is 10.3. The Labute approximate surface area is 206 Å². The van der Waals surface area contributed by atoms with Gasteiger partial charge in [-0.2, -0.15) is 0 Å². The summed E-state index contributed by atoms with van der Waals surface area (Å²) in [6.45, 7) is 4.82. The molecule has 1 atom stereocenters. The lowest BCUT2D eigenvalue weighted by atomic mass is 10.3. The maximum atomic E-state index is 12.4. The van der Waals surface area contributed by atoms with Crippen LogP contribution in [0.4, 0.5) is 5.82 Å². The fourth-order valence-electron chi connectivity index (χ4n) is 3.38. The van der Waals surface area contributed by atoms with Crippen molar-refractivity contribution in [3.63, 3.8) is 0 Å². The minimum absolute atomic E-state index is 0. The molecule has 1 unspecified atom stereocenters. The predicted molar refractivity (Wildman–Crippen MR) is 138 cm³/mol. The van der Waals surface area contributed by atoms with Crippen LogP contribution in [0, 0.1) is 0 Å². The van der Waals surface area contributed by atoms with Crippen LogP contribution in [-0.2, 0) is 9.84 Å². The number of sulfone groups is 1. The summed E-state index contributed by atoms with van der Waals surface area (Å²) in [5.74, 6) is 1.58. The van der Waals surface area contributed by atoms with Gasteiger partial charge in [0.1, 0.15) is 5.82 Å². The van der Waals surface area contributed by atoms with Gasteiger partial charge < -0.3 is 15.5 Å². The Bertz CT molecular complexity index is 959. The highest BCUT2D eigenvalue weighted by molar-refractivity contribution is 14.0. The molecule has 7 nitrogen and oxygen atoms in total. The zero-order chi connectivity index (χ0) is 21.4. The molecule has 0 radical (unpaired) electrons. The van der Waals surface area contributed by atoms with E-state index >= 15 is 0 Å². The van der Waals surface area contributed by atoms with E-state index < -0.39 is 9.84 Å². The second-order valence-electron chi connectivity index (χ2n) is 7.13. The number of guanidine groups is 1. The quantitative estimate of drug-likeness (QED) is 0.217. The van der Waals surface area contributed by atoms with E-state index in [1.165, 1.54) is 0 Å². The standard InChI is InChI=1S/C21H28ClN5O2S.HI/c1-2-23-21(25-13-7-15-30(28,29)18-8-4-3-5-9-18)26-17-11-14-27(16-17)20-19(22)10-6-12-24-20;/h3-6,8-10,12,17H,2,7,11,13-16H2,1H3,(H2,23,25,26);1H. The topological polar surface area (TPSA) is 86.7 Å². The third-order valence-corrected chi connectivity index (χ3v) is 6.97. The molecular weight excluding hydrogens is 549 g/mol. The summed E-state index contributed by atoms with van der Waals surface area (Å²) in [6, 6.07) is 12.4. The average molecular weight is 578 g/mol. The number of nitrogens with zero attached hydrogens (tertiary/aromatic N) is 3. The molecule has 2 aromatic rings. The van der Waals surface area contributed by atoms with Gasteiger partial charge in [0.15, 0.2) is 15.8 Å². The highest BCUT2D eigenvalue weighted by Gasteiger charge is 2.25. The summed E-state index contributed by atoms with van der Waals surface area (Å²) in [5.41, 5.74) is 0. The molecule has 1 fully saturated rings. The number of rotatable bonds is 8. The number of aromatic nitrogens is 1. The second kappa shape index (κ2) is 12.4. The minimum Gasteiger partial charge on any atom is -0.357 e. The van der Waals surface area contributed by atoms with Crippen molar-refractivity contribution in [1.82, 2.24) is 15.6 Å². The van der Waals surface area contributed by atoms with Gasteiger partial charge in [-0.3, -0.25) is 4.99 Å². The molecule has 170 valence electrons. The van der Waals surface area contributed by atoms with Crippen LogP contribution in [0.3, 0.4) is 0 Å². The van der Waals surface area contributed by atoms with Crippen LogP contribution >= 0.6 is 35.6 Å².